The van der Waals surface area contributed by atoms with Crippen LogP contribution in [0.3, 0.4) is 0 Å². The van der Waals surface area contributed by atoms with Crippen molar-refractivity contribution >= 4 is 32.8 Å². The summed E-state index contributed by atoms with van der Waals surface area (Å²) in [6.45, 7) is 4.06. The molecular formula is C21H22BrN4O. The Morgan fingerprint density at radius 2 is 2.11 bits per heavy atom. The Morgan fingerprint density at radius 1 is 1.22 bits per heavy atom. The number of nitrogens with zero attached hydrogens (tertiary/aromatic N) is 3. The van der Waals surface area contributed by atoms with Crippen molar-refractivity contribution in [2.45, 2.75) is 43.9 Å². The van der Waals surface area contributed by atoms with Crippen LogP contribution < -0.4 is 5.32 Å². The van der Waals surface area contributed by atoms with Crippen molar-refractivity contribution in [3.05, 3.63) is 59.3 Å². The minimum absolute atomic E-state index is 0.0836. The number of fused-ring (bicyclic) bond motifs is 2. The molecule has 5 rings (SSSR count). The molecule has 1 saturated carbocycles. The summed E-state index contributed by atoms with van der Waals surface area (Å²) < 4.78 is 3.36. The predicted molar refractivity (Wildman–Crippen MR) is 109 cm³/mol. The number of hydrogen-bond donors (Lipinski definition) is 2. The van der Waals surface area contributed by atoms with Crippen LogP contribution >= 0.6 is 15.9 Å². The van der Waals surface area contributed by atoms with E-state index in [9.17, 15) is 5.11 Å². The molecule has 27 heavy (non-hydrogen) atoms. The van der Waals surface area contributed by atoms with E-state index in [1.54, 1.807) is 6.33 Å². The topological polar surface area (TPSA) is 63.0 Å². The molecule has 2 aliphatic rings. The SMILES string of the molecule is [CH2][C@H]1C[C@@H](n2ccc3c(N[C@H]4CCc5c(Br)cccc54)ncnc32)C[C@@H]1O. The maximum atomic E-state index is 10.1. The molecule has 0 saturated heterocycles. The van der Waals surface area contributed by atoms with Gasteiger partial charge in [-0.1, -0.05) is 28.1 Å². The Morgan fingerprint density at radius 3 is 2.93 bits per heavy atom. The van der Waals surface area contributed by atoms with Gasteiger partial charge in [0.15, 0.2) is 0 Å². The van der Waals surface area contributed by atoms with Gasteiger partial charge in [0.1, 0.15) is 17.8 Å². The fourth-order valence-electron chi connectivity index (χ4n) is 4.61. The molecule has 6 heteroatoms. The maximum Gasteiger partial charge on any atom is 0.145 e. The normalized spacial score (nSPS) is 27.2. The quantitative estimate of drug-likeness (QED) is 0.650. The minimum atomic E-state index is -0.333. The molecule has 2 aliphatic carbocycles. The van der Waals surface area contributed by atoms with Gasteiger partial charge in [0, 0.05) is 16.7 Å². The number of aromatic nitrogens is 3. The summed E-state index contributed by atoms with van der Waals surface area (Å²) in [5.41, 5.74) is 3.65. The van der Waals surface area contributed by atoms with Gasteiger partial charge in [0.2, 0.25) is 0 Å². The molecule has 1 aromatic carbocycles. The first-order chi connectivity index (χ1) is 13.1. The van der Waals surface area contributed by atoms with Gasteiger partial charge < -0.3 is 15.0 Å². The lowest BCUT2D eigenvalue weighted by molar-refractivity contribution is 0.149. The summed E-state index contributed by atoms with van der Waals surface area (Å²) >= 11 is 3.67. The zero-order chi connectivity index (χ0) is 18.5. The second kappa shape index (κ2) is 6.60. The van der Waals surface area contributed by atoms with Crippen molar-refractivity contribution in [1.29, 1.82) is 0 Å². The lowest BCUT2D eigenvalue weighted by Crippen LogP contribution is -2.10. The van der Waals surface area contributed by atoms with Gasteiger partial charge in [-0.05, 0) is 61.8 Å². The summed E-state index contributed by atoms with van der Waals surface area (Å²) in [6, 6.07) is 8.98. The van der Waals surface area contributed by atoms with Crippen molar-refractivity contribution in [3.63, 3.8) is 0 Å². The van der Waals surface area contributed by atoms with E-state index < -0.39 is 0 Å². The zero-order valence-electron chi connectivity index (χ0n) is 15.0. The molecule has 1 radical (unpaired) electrons. The number of nitrogens with one attached hydrogen (secondary N) is 1. The van der Waals surface area contributed by atoms with Gasteiger partial charge in [0.05, 0.1) is 17.5 Å². The highest BCUT2D eigenvalue weighted by Gasteiger charge is 2.32. The van der Waals surface area contributed by atoms with Gasteiger partial charge >= 0.3 is 0 Å². The number of halogens is 1. The monoisotopic (exact) mass is 425 g/mol. The number of benzene rings is 1. The summed E-state index contributed by atoms with van der Waals surface area (Å²) in [4.78, 5) is 9.06. The number of anilines is 1. The standard InChI is InChI=1S/C21H22BrN4O/c1-12-9-13(10-19(12)27)26-8-7-16-20(23-11-24-21(16)26)25-18-6-5-14-15(18)3-2-4-17(14)22/h2-4,7-8,11-13,18-19,27H,1,5-6,9-10H2,(H,23,24,25)/t12-,13+,18-,19-/m0/s1. The molecule has 4 atom stereocenters. The predicted octanol–water partition coefficient (Wildman–Crippen LogP) is 4.44. The van der Waals surface area contributed by atoms with E-state index in [4.69, 9.17) is 0 Å². The van der Waals surface area contributed by atoms with E-state index in [0.717, 1.165) is 42.5 Å². The van der Waals surface area contributed by atoms with E-state index in [-0.39, 0.29) is 24.1 Å². The number of hydrogen-bond acceptors (Lipinski definition) is 4. The van der Waals surface area contributed by atoms with Crippen LogP contribution in [0.25, 0.3) is 11.0 Å². The molecule has 3 aromatic rings. The average molecular weight is 426 g/mol. The van der Waals surface area contributed by atoms with E-state index in [2.05, 4.69) is 73.2 Å². The Labute approximate surface area is 167 Å². The van der Waals surface area contributed by atoms with E-state index >= 15 is 0 Å². The fourth-order valence-corrected chi connectivity index (χ4v) is 5.19. The van der Waals surface area contributed by atoms with Crippen LogP contribution in [0.5, 0.6) is 0 Å². The summed E-state index contributed by atoms with van der Waals surface area (Å²) in [5.74, 6) is 0.960. The summed E-state index contributed by atoms with van der Waals surface area (Å²) in [6.07, 6.45) is 7.09. The maximum absolute atomic E-state index is 10.1. The van der Waals surface area contributed by atoms with Crippen LogP contribution in [0.2, 0.25) is 0 Å². The Kier molecular flexibility index (Phi) is 4.20. The first-order valence-corrected chi connectivity index (χ1v) is 10.3. The van der Waals surface area contributed by atoms with Crippen molar-refractivity contribution in [2.75, 3.05) is 5.32 Å². The third-order valence-electron chi connectivity index (χ3n) is 6.06. The van der Waals surface area contributed by atoms with E-state index in [1.807, 2.05) is 0 Å². The van der Waals surface area contributed by atoms with E-state index in [0.29, 0.717) is 0 Å². The number of aliphatic hydroxyl groups excluding tert-OH is 1. The summed E-state index contributed by atoms with van der Waals surface area (Å²) in [5, 5.41) is 14.7. The van der Waals surface area contributed by atoms with Crippen molar-refractivity contribution in [2.24, 2.45) is 5.92 Å². The fraction of sp³-hybridized carbons (Fsp3) is 0.381. The average Bonchev–Trinajstić information content (AvgIpc) is 3.34. The molecular weight excluding hydrogens is 404 g/mol. The van der Waals surface area contributed by atoms with Gasteiger partial charge in [-0.2, -0.15) is 0 Å². The van der Waals surface area contributed by atoms with Gasteiger partial charge in [-0.3, -0.25) is 0 Å². The zero-order valence-corrected chi connectivity index (χ0v) is 16.6. The molecule has 2 N–H and O–H groups in total. The lowest BCUT2D eigenvalue weighted by atomic mass is 10.1. The molecule has 2 heterocycles. The molecule has 0 aliphatic heterocycles. The van der Waals surface area contributed by atoms with Crippen LogP contribution in [-0.2, 0) is 6.42 Å². The lowest BCUT2D eigenvalue weighted by Gasteiger charge is -2.16. The highest BCUT2D eigenvalue weighted by atomic mass is 79.9. The van der Waals surface area contributed by atoms with Crippen LogP contribution in [0.4, 0.5) is 5.82 Å². The molecule has 0 spiro atoms. The molecule has 0 unspecified atom stereocenters. The van der Waals surface area contributed by atoms with Crippen LogP contribution in [0.1, 0.15) is 42.5 Å². The number of aliphatic hydroxyl groups is 1. The Hall–Kier alpha value is -1.92. The first kappa shape index (κ1) is 17.2. The molecule has 5 nitrogen and oxygen atoms in total. The highest BCUT2D eigenvalue weighted by Crippen LogP contribution is 2.40. The minimum Gasteiger partial charge on any atom is -0.393 e. The van der Waals surface area contributed by atoms with Gasteiger partial charge in [0.25, 0.3) is 0 Å². The van der Waals surface area contributed by atoms with Crippen molar-refractivity contribution in [3.8, 4) is 0 Å². The van der Waals surface area contributed by atoms with Crippen molar-refractivity contribution in [1.82, 2.24) is 14.5 Å². The highest BCUT2D eigenvalue weighted by molar-refractivity contribution is 9.10. The molecule has 2 aromatic heterocycles. The van der Waals surface area contributed by atoms with Crippen molar-refractivity contribution < 1.29 is 5.11 Å². The largest absolute Gasteiger partial charge is 0.393 e. The second-order valence-corrected chi connectivity index (χ2v) is 8.53. The molecule has 1 fully saturated rings. The third kappa shape index (κ3) is 2.86. The van der Waals surface area contributed by atoms with Crippen LogP contribution in [0.15, 0.2) is 41.3 Å². The molecule has 139 valence electrons. The molecule has 0 amide bonds. The Bertz CT molecular complexity index is 991. The van der Waals surface area contributed by atoms with Crippen LogP contribution in [0, 0.1) is 12.8 Å². The third-order valence-corrected chi connectivity index (χ3v) is 6.80. The van der Waals surface area contributed by atoms with E-state index in [1.165, 1.54) is 15.6 Å². The second-order valence-electron chi connectivity index (χ2n) is 7.68. The molecule has 0 bridgehead atoms. The Balaban J connectivity index is 1.47. The van der Waals surface area contributed by atoms with Gasteiger partial charge in [-0.25, -0.2) is 9.97 Å². The number of rotatable bonds is 3. The van der Waals surface area contributed by atoms with Crippen LogP contribution in [-0.4, -0.2) is 25.7 Å². The smallest absolute Gasteiger partial charge is 0.145 e. The first-order valence-electron chi connectivity index (χ1n) is 9.48. The summed E-state index contributed by atoms with van der Waals surface area (Å²) in [7, 11) is 0. The van der Waals surface area contributed by atoms with Gasteiger partial charge in [-0.15, -0.1) is 0 Å².